The lowest BCUT2D eigenvalue weighted by Gasteiger charge is -2.20. The van der Waals surface area contributed by atoms with Crippen molar-refractivity contribution in [2.24, 2.45) is 5.92 Å². The molecule has 4 heteroatoms. The lowest BCUT2D eigenvalue weighted by atomic mass is 10.0. The predicted octanol–water partition coefficient (Wildman–Crippen LogP) is 2.35. The molecule has 2 rings (SSSR count). The summed E-state index contributed by atoms with van der Waals surface area (Å²) in [6.45, 7) is 6.24. The van der Waals surface area contributed by atoms with E-state index in [-0.39, 0.29) is 17.9 Å². The van der Waals surface area contributed by atoms with Crippen LogP contribution >= 0.6 is 0 Å². The van der Waals surface area contributed by atoms with Gasteiger partial charge in [0.1, 0.15) is 0 Å². The molecule has 102 valence electrons. The molecule has 1 aliphatic heterocycles. The Morgan fingerprint density at radius 1 is 1.42 bits per heavy atom. The first kappa shape index (κ1) is 13.6. The molecule has 1 aromatic rings. The number of hydrogen-bond acceptors (Lipinski definition) is 2. The van der Waals surface area contributed by atoms with Crippen molar-refractivity contribution in [2.45, 2.75) is 39.7 Å². The van der Waals surface area contributed by atoms with Gasteiger partial charge in [-0.1, -0.05) is 26.3 Å². The third kappa shape index (κ3) is 2.95. The summed E-state index contributed by atoms with van der Waals surface area (Å²) in [6, 6.07) is 5.51. The summed E-state index contributed by atoms with van der Waals surface area (Å²) in [4.78, 5) is 23.4. The van der Waals surface area contributed by atoms with E-state index in [1.54, 1.807) is 12.1 Å². The van der Waals surface area contributed by atoms with Crippen LogP contribution < -0.4 is 10.6 Å². The third-order valence-corrected chi connectivity index (χ3v) is 3.85. The van der Waals surface area contributed by atoms with Gasteiger partial charge in [-0.3, -0.25) is 9.59 Å². The van der Waals surface area contributed by atoms with Crippen LogP contribution in [-0.4, -0.2) is 17.9 Å². The average molecular weight is 260 g/mol. The summed E-state index contributed by atoms with van der Waals surface area (Å²) in [5.41, 5.74) is 2.31. The van der Waals surface area contributed by atoms with E-state index in [1.165, 1.54) is 0 Å². The fourth-order valence-electron chi connectivity index (χ4n) is 2.14. The van der Waals surface area contributed by atoms with Crippen molar-refractivity contribution in [1.82, 2.24) is 5.32 Å². The molecule has 2 atom stereocenters. The molecule has 1 aromatic carbocycles. The lowest BCUT2D eigenvalue weighted by Crippen LogP contribution is -2.36. The highest BCUT2D eigenvalue weighted by molar-refractivity contribution is 6.02. The van der Waals surface area contributed by atoms with E-state index in [0.717, 1.165) is 17.7 Å². The van der Waals surface area contributed by atoms with Crippen molar-refractivity contribution >= 4 is 17.5 Å². The Morgan fingerprint density at radius 3 is 2.84 bits per heavy atom. The van der Waals surface area contributed by atoms with Crippen LogP contribution in [0.15, 0.2) is 18.2 Å². The van der Waals surface area contributed by atoms with Gasteiger partial charge in [-0.2, -0.15) is 0 Å². The Morgan fingerprint density at radius 2 is 2.16 bits per heavy atom. The van der Waals surface area contributed by atoms with Crippen molar-refractivity contribution in [2.75, 3.05) is 5.32 Å². The number of carbonyl (C=O) groups is 2. The van der Waals surface area contributed by atoms with Crippen molar-refractivity contribution < 1.29 is 9.59 Å². The van der Waals surface area contributed by atoms with Gasteiger partial charge < -0.3 is 10.6 Å². The van der Waals surface area contributed by atoms with E-state index >= 15 is 0 Å². The second kappa shape index (κ2) is 5.43. The first-order chi connectivity index (χ1) is 9.01. The minimum atomic E-state index is -0.0863. The van der Waals surface area contributed by atoms with Crippen LogP contribution in [0.5, 0.6) is 0 Å². The molecule has 0 radical (unpaired) electrons. The molecule has 0 aromatic heterocycles. The normalized spacial score (nSPS) is 16.5. The van der Waals surface area contributed by atoms with Gasteiger partial charge in [-0.05, 0) is 30.5 Å². The lowest BCUT2D eigenvalue weighted by molar-refractivity contribution is -0.115. The SMILES string of the molecule is CCC(C)C(C)NC(=O)c1ccc2c(c1)NC(=O)C2. The summed E-state index contributed by atoms with van der Waals surface area (Å²) < 4.78 is 0. The first-order valence-electron chi connectivity index (χ1n) is 6.75. The van der Waals surface area contributed by atoms with Crippen LogP contribution in [0.1, 0.15) is 43.1 Å². The molecule has 0 saturated heterocycles. The zero-order valence-corrected chi connectivity index (χ0v) is 11.6. The molecule has 0 bridgehead atoms. The Balaban J connectivity index is 2.09. The standard InChI is InChI=1S/C15H20N2O2/c1-4-9(2)10(3)16-15(19)12-6-5-11-8-14(18)17-13(11)7-12/h5-7,9-10H,4,8H2,1-3H3,(H,16,19)(H,17,18). The number of anilines is 1. The number of amides is 2. The maximum Gasteiger partial charge on any atom is 0.251 e. The number of rotatable bonds is 4. The summed E-state index contributed by atoms with van der Waals surface area (Å²) in [5, 5.41) is 5.76. The van der Waals surface area contributed by atoms with E-state index in [0.29, 0.717) is 17.9 Å². The third-order valence-electron chi connectivity index (χ3n) is 3.85. The smallest absolute Gasteiger partial charge is 0.251 e. The topological polar surface area (TPSA) is 58.2 Å². The minimum Gasteiger partial charge on any atom is -0.349 e. The summed E-state index contributed by atoms with van der Waals surface area (Å²) in [5.74, 6) is 0.343. The second-order valence-corrected chi connectivity index (χ2v) is 5.24. The summed E-state index contributed by atoms with van der Waals surface area (Å²) in [7, 11) is 0. The highest BCUT2D eigenvalue weighted by Crippen LogP contribution is 2.24. The van der Waals surface area contributed by atoms with Crippen LogP contribution in [0, 0.1) is 5.92 Å². The van der Waals surface area contributed by atoms with Gasteiger partial charge in [0, 0.05) is 17.3 Å². The van der Waals surface area contributed by atoms with Crippen molar-refractivity contribution in [3.05, 3.63) is 29.3 Å². The molecule has 0 saturated carbocycles. The van der Waals surface area contributed by atoms with E-state index in [9.17, 15) is 9.59 Å². The van der Waals surface area contributed by atoms with Crippen LogP contribution in [0.3, 0.4) is 0 Å². The largest absolute Gasteiger partial charge is 0.349 e. The monoisotopic (exact) mass is 260 g/mol. The van der Waals surface area contributed by atoms with Gasteiger partial charge in [-0.15, -0.1) is 0 Å². The van der Waals surface area contributed by atoms with Gasteiger partial charge in [0.25, 0.3) is 5.91 Å². The Hall–Kier alpha value is -1.84. The minimum absolute atomic E-state index is 0.0134. The molecule has 0 aliphatic carbocycles. The summed E-state index contributed by atoms with van der Waals surface area (Å²) in [6.07, 6.45) is 1.43. The van der Waals surface area contributed by atoms with Crippen LogP contribution in [0.25, 0.3) is 0 Å². The highest BCUT2D eigenvalue weighted by Gasteiger charge is 2.20. The van der Waals surface area contributed by atoms with E-state index in [2.05, 4.69) is 24.5 Å². The van der Waals surface area contributed by atoms with E-state index in [4.69, 9.17) is 0 Å². The zero-order valence-electron chi connectivity index (χ0n) is 11.6. The fraction of sp³-hybridized carbons (Fsp3) is 0.467. The molecule has 2 N–H and O–H groups in total. The van der Waals surface area contributed by atoms with Crippen LogP contribution in [-0.2, 0) is 11.2 Å². The number of nitrogens with one attached hydrogen (secondary N) is 2. The van der Waals surface area contributed by atoms with Crippen molar-refractivity contribution in [3.63, 3.8) is 0 Å². The van der Waals surface area contributed by atoms with E-state index in [1.807, 2.05) is 13.0 Å². The predicted molar refractivity (Wildman–Crippen MR) is 75.2 cm³/mol. The molecule has 1 heterocycles. The van der Waals surface area contributed by atoms with Gasteiger partial charge in [-0.25, -0.2) is 0 Å². The number of carbonyl (C=O) groups excluding carboxylic acids is 2. The quantitative estimate of drug-likeness (QED) is 0.873. The van der Waals surface area contributed by atoms with Crippen LogP contribution in [0.2, 0.25) is 0 Å². The molecule has 2 unspecified atom stereocenters. The molecular formula is C15H20N2O2. The first-order valence-corrected chi connectivity index (χ1v) is 6.75. The van der Waals surface area contributed by atoms with Crippen LogP contribution in [0.4, 0.5) is 5.69 Å². The second-order valence-electron chi connectivity index (χ2n) is 5.24. The highest BCUT2D eigenvalue weighted by atomic mass is 16.2. The van der Waals surface area contributed by atoms with Gasteiger partial charge >= 0.3 is 0 Å². The summed E-state index contributed by atoms with van der Waals surface area (Å²) >= 11 is 0. The molecular weight excluding hydrogens is 240 g/mol. The number of hydrogen-bond donors (Lipinski definition) is 2. The number of fused-ring (bicyclic) bond motifs is 1. The van der Waals surface area contributed by atoms with Gasteiger partial charge in [0.2, 0.25) is 5.91 Å². The molecule has 19 heavy (non-hydrogen) atoms. The maximum atomic E-state index is 12.1. The average Bonchev–Trinajstić information content (AvgIpc) is 2.76. The molecule has 0 spiro atoms. The molecule has 2 amide bonds. The molecule has 0 fully saturated rings. The maximum absolute atomic E-state index is 12.1. The number of benzene rings is 1. The zero-order chi connectivity index (χ0) is 14.0. The van der Waals surface area contributed by atoms with E-state index < -0.39 is 0 Å². The Labute approximate surface area is 113 Å². The Bertz CT molecular complexity index is 511. The molecule has 4 nitrogen and oxygen atoms in total. The Kier molecular flexibility index (Phi) is 3.88. The van der Waals surface area contributed by atoms with Crippen molar-refractivity contribution in [1.29, 1.82) is 0 Å². The fourth-order valence-corrected chi connectivity index (χ4v) is 2.14. The van der Waals surface area contributed by atoms with Gasteiger partial charge in [0.15, 0.2) is 0 Å². The van der Waals surface area contributed by atoms with Gasteiger partial charge in [0.05, 0.1) is 6.42 Å². The van der Waals surface area contributed by atoms with Crippen molar-refractivity contribution in [3.8, 4) is 0 Å². The molecule has 1 aliphatic rings.